The van der Waals surface area contributed by atoms with Crippen LogP contribution in [-0.4, -0.2) is 17.1 Å². The number of H-pyrrole nitrogens is 1. The molecule has 4 nitrogen and oxygen atoms in total. The molecule has 1 aromatic heterocycles. The number of nitrogens with one attached hydrogen (secondary N) is 1. The minimum absolute atomic E-state index is 0.291. The SMILES string of the molecule is COc1ccc(C(C)C)cc1-c1nc(Br)c(CC#N)[nH]1. The predicted octanol–water partition coefficient (Wildman–Crippen LogP) is 4.04. The van der Waals surface area contributed by atoms with Gasteiger partial charge in [0.1, 0.15) is 16.2 Å². The van der Waals surface area contributed by atoms with Crippen molar-refractivity contribution in [3.05, 3.63) is 34.1 Å². The topological polar surface area (TPSA) is 61.7 Å². The van der Waals surface area contributed by atoms with Crippen LogP contribution in [0, 0.1) is 11.3 Å². The van der Waals surface area contributed by atoms with Gasteiger partial charge in [-0.3, -0.25) is 0 Å². The molecule has 0 saturated carbocycles. The summed E-state index contributed by atoms with van der Waals surface area (Å²) in [4.78, 5) is 7.62. The van der Waals surface area contributed by atoms with Crippen LogP contribution in [0.15, 0.2) is 22.8 Å². The highest BCUT2D eigenvalue weighted by molar-refractivity contribution is 9.10. The van der Waals surface area contributed by atoms with Gasteiger partial charge < -0.3 is 9.72 Å². The van der Waals surface area contributed by atoms with Crippen molar-refractivity contribution in [2.45, 2.75) is 26.2 Å². The molecule has 0 unspecified atom stereocenters. The fourth-order valence-corrected chi connectivity index (χ4v) is 2.40. The summed E-state index contributed by atoms with van der Waals surface area (Å²) in [6.45, 7) is 4.29. The third-order valence-electron chi connectivity index (χ3n) is 3.13. The molecule has 2 aromatic rings. The second-order valence-electron chi connectivity index (χ2n) is 4.80. The van der Waals surface area contributed by atoms with Crippen molar-refractivity contribution < 1.29 is 4.74 Å². The van der Waals surface area contributed by atoms with Crippen molar-refractivity contribution in [2.24, 2.45) is 0 Å². The Labute approximate surface area is 126 Å². The van der Waals surface area contributed by atoms with Gasteiger partial charge in [-0.1, -0.05) is 19.9 Å². The van der Waals surface area contributed by atoms with Gasteiger partial charge >= 0.3 is 0 Å². The summed E-state index contributed by atoms with van der Waals surface area (Å²) in [6.07, 6.45) is 0.291. The van der Waals surface area contributed by atoms with Crippen LogP contribution in [0.25, 0.3) is 11.4 Å². The molecule has 1 heterocycles. The largest absolute Gasteiger partial charge is 0.496 e. The van der Waals surface area contributed by atoms with E-state index in [-0.39, 0.29) is 0 Å². The van der Waals surface area contributed by atoms with Crippen LogP contribution in [0.1, 0.15) is 31.0 Å². The summed E-state index contributed by atoms with van der Waals surface area (Å²) in [7, 11) is 1.64. The van der Waals surface area contributed by atoms with Crippen LogP contribution < -0.4 is 4.74 Å². The van der Waals surface area contributed by atoms with E-state index in [0.717, 1.165) is 17.0 Å². The standard InChI is InChI=1S/C15H16BrN3O/c1-9(2)10-4-5-13(20-3)11(8-10)15-18-12(6-7-17)14(16)19-15/h4-5,8-9H,6H2,1-3H3,(H,18,19). The molecule has 0 spiro atoms. The van der Waals surface area contributed by atoms with E-state index in [2.05, 4.69) is 57.9 Å². The van der Waals surface area contributed by atoms with E-state index in [9.17, 15) is 0 Å². The molecule has 0 fully saturated rings. The first-order chi connectivity index (χ1) is 9.56. The lowest BCUT2D eigenvalue weighted by molar-refractivity contribution is 0.416. The number of ether oxygens (including phenoxy) is 1. The first-order valence-electron chi connectivity index (χ1n) is 6.36. The molecule has 104 valence electrons. The van der Waals surface area contributed by atoms with Crippen molar-refractivity contribution in [2.75, 3.05) is 7.11 Å². The zero-order chi connectivity index (χ0) is 14.7. The average Bonchev–Trinajstić information content (AvgIpc) is 2.80. The quantitative estimate of drug-likeness (QED) is 0.918. The molecule has 0 radical (unpaired) electrons. The zero-order valence-corrected chi connectivity index (χ0v) is 13.3. The minimum atomic E-state index is 0.291. The van der Waals surface area contributed by atoms with Gasteiger partial charge in [-0.25, -0.2) is 4.98 Å². The second-order valence-corrected chi connectivity index (χ2v) is 5.56. The number of rotatable bonds is 4. The van der Waals surface area contributed by atoms with Crippen molar-refractivity contribution >= 4 is 15.9 Å². The lowest BCUT2D eigenvalue weighted by atomic mass is 10.00. The Morgan fingerprint density at radius 2 is 2.20 bits per heavy atom. The molecule has 20 heavy (non-hydrogen) atoms. The third kappa shape index (κ3) is 2.86. The number of aromatic nitrogens is 2. The molecule has 5 heteroatoms. The molecule has 1 N–H and O–H groups in total. The molecule has 0 saturated heterocycles. The number of hydrogen-bond donors (Lipinski definition) is 1. The maximum absolute atomic E-state index is 8.80. The Morgan fingerprint density at radius 3 is 2.80 bits per heavy atom. The fraction of sp³-hybridized carbons (Fsp3) is 0.333. The second kappa shape index (κ2) is 6.10. The highest BCUT2D eigenvalue weighted by Crippen LogP contribution is 2.32. The normalized spacial score (nSPS) is 10.6. The van der Waals surface area contributed by atoms with Crippen LogP contribution in [-0.2, 0) is 6.42 Å². The Morgan fingerprint density at radius 1 is 1.45 bits per heavy atom. The van der Waals surface area contributed by atoms with Gasteiger partial charge in [0, 0.05) is 0 Å². The van der Waals surface area contributed by atoms with Crippen molar-refractivity contribution in [1.82, 2.24) is 9.97 Å². The Balaban J connectivity index is 2.52. The lowest BCUT2D eigenvalue weighted by Gasteiger charge is -2.11. The Kier molecular flexibility index (Phi) is 4.46. The maximum Gasteiger partial charge on any atom is 0.142 e. The molecule has 1 aromatic carbocycles. The smallest absolute Gasteiger partial charge is 0.142 e. The third-order valence-corrected chi connectivity index (χ3v) is 3.79. The van der Waals surface area contributed by atoms with Gasteiger partial charge in [-0.2, -0.15) is 5.26 Å². The van der Waals surface area contributed by atoms with Crippen molar-refractivity contribution in [1.29, 1.82) is 5.26 Å². The van der Waals surface area contributed by atoms with Gasteiger partial charge in [0.25, 0.3) is 0 Å². The van der Waals surface area contributed by atoms with Gasteiger partial charge in [-0.05, 0) is 39.5 Å². The van der Waals surface area contributed by atoms with Crippen LogP contribution in [0.5, 0.6) is 5.75 Å². The first-order valence-corrected chi connectivity index (χ1v) is 7.15. The van der Waals surface area contributed by atoms with Gasteiger partial charge in [0.15, 0.2) is 0 Å². The Bertz CT molecular complexity index is 656. The number of imidazole rings is 1. The Hall–Kier alpha value is -1.80. The van der Waals surface area contributed by atoms with E-state index in [4.69, 9.17) is 10.00 Å². The van der Waals surface area contributed by atoms with Crippen LogP contribution >= 0.6 is 15.9 Å². The fourth-order valence-electron chi connectivity index (χ4n) is 1.98. The molecular weight excluding hydrogens is 318 g/mol. The molecule has 0 aliphatic rings. The molecular formula is C15H16BrN3O. The van der Waals surface area contributed by atoms with E-state index >= 15 is 0 Å². The summed E-state index contributed by atoms with van der Waals surface area (Å²) >= 11 is 3.38. The highest BCUT2D eigenvalue weighted by Gasteiger charge is 2.14. The van der Waals surface area contributed by atoms with Crippen LogP contribution in [0.3, 0.4) is 0 Å². The summed E-state index contributed by atoms with van der Waals surface area (Å²) in [5, 5.41) is 8.80. The van der Waals surface area contributed by atoms with Crippen LogP contribution in [0.2, 0.25) is 0 Å². The molecule has 0 bridgehead atoms. The van der Waals surface area contributed by atoms with Crippen molar-refractivity contribution in [3.8, 4) is 23.2 Å². The minimum Gasteiger partial charge on any atom is -0.496 e. The van der Waals surface area contributed by atoms with E-state index in [1.165, 1.54) is 5.56 Å². The lowest BCUT2D eigenvalue weighted by Crippen LogP contribution is -1.94. The van der Waals surface area contributed by atoms with Gasteiger partial charge in [0.2, 0.25) is 0 Å². The molecule has 2 rings (SSSR count). The number of aromatic amines is 1. The maximum atomic E-state index is 8.80. The summed E-state index contributed by atoms with van der Waals surface area (Å²) in [6, 6.07) is 8.20. The van der Waals surface area contributed by atoms with E-state index < -0.39 is 0 Å². The van der Waals surface area contributed by atoms with E-state index in [0.29, 0.717) is 22.8 Å². The summed E-state index contributed by atoms with van der Waals surface area (Å²) < 4.78 is 6.08. The van der Waals surface area contributed by atoms with Crippen molar-refractivity contribution in [3.63, 3.8) is 0 Å². The predicted molar refractivity (Wildman–Crippen MR) is 81.7 cm³/mol. The summed E-state index contributed by atoms with van der Waals surface area (Å²) in [5.74, 6) is 1.90. The number of hydrogen-bond acceptors (Lipinski definition) is 3. The van der Waals surface area contributed by atoms with E-state index in [1.54, 1.807) is 7.11 Å². The molecule has 0 atom stereocenters. The summed E-state index contributed by atoms with van der Waals surface area (Å²) in [5.41, 5.74) is 2.90. The molecule has 0 aliphatic carbocycles. The van der Waals surface area contributed by atoms with Gasteiger partial charge in [0.05, 0.1) is 30.9 Å². The molecule has 0 amide bonds. The van der Waals surface area contributed by atoms with Gasteiger partial charge in [-0.15, -0.1) is 0 Å². The first kappa shape index (κ1) is 14.6. The number of methoxy groups -OCH3 is 1. The molecule has 0 aliphatic heterocycles. The average molecular weight is 334 g/mol. The zero-order valence-electron chi connectivity index (χ0n) is 11.7. The van der Waals surface area contributed by atoms with Crippen LogP contribution in [0.4, 0.5) is 0 Å². The number of nitrogens with zero attached hydrogens (tertiary/aromatic N) is 2. The number of nitriles is 1. The highest BCUT2D eigenvalue weighted by atomic mass is 79.9. The number of halogens is 1. The number of benzene rings is 1. The monoisotopic (exact) mass is 333 g/mol. The van der Waals surface area contributed by atoms with E-state index in [1.807, 2.05) is 6.07 Å².